The Morgan fingerprint density at radius 3 is 1.79 bits per heavy atom. The number of aliphatic carboxylic acids is 3. The average molecular weight is 418 g/mol. The third kappa shape index (κ3) is 20.8. The summed E-state index contributed by atoms with van der Waals surface area (Å²) >= 11 is 0. The van der Waals surface area contributed by atoms with Gasteiger partial charge < -0.3 is 34.9 Å². The van der Waals surface area contributed by atoms with Crippen molar-refractivity contribution in [3.05, 3.63) is 12.2 Å². The molecule has 0 amide bonds. The fraction of sp³-hybridized carbons (Fsp3) is 0.706. The predicted molar refractivity (Wildman–Crippen MR) is 89.8 cm³/mol. The summed E-state index contributed by atoms with van der Waals surface area (Å²) in [5.74, 6) is -3.41. The predicted octanol–water partition coefficient (Wildman–Crippen LogP) is -8.32. The van der Waals surface area contributed by atoms with Gasteiger partial charge in [-0.2, -0.15) is 0 Å². The minimum Gasteiger partial charge on any atom is -0.550 e. The van der Waals surface area contributed by atoms with Gasteiger partial charge in [-0.05, 0) is 26.2 Å². The molecule has 11 heteroatoms. The molecule has 0 aromatic heterocycles. The Morgan fingerprint density at radius 1 is 0.893 bits per heavy atom. The van der Waals surface area contributed by atoms with Crippen LogP contribution in [0.15, 0.2) is 12.2 Å². The zero-order valence-corrected chi connectivity index (χ0v) is 21.1. The van der Waals surface area contributed by atoms with E-state index in [0.717, 1.165) is 0 Å². The molecule has 150 valence electrons. The van der Waals surface area contributed by atoms with Gasteiger partial charge in [-0.1, -0.05) is 12.2 Å². The summed E-state index contributed by atoms with van der Waals surface area (Å²) in [5.41, 5.74) is 0. The molecule has 0 saturated heterocycles. The van der Waals surface area contributed by atoms with Crippen molar-refractivity contribution < 1.29 is 93.9 Å². The molecule has 0 aliphatic carbocycles. The number of carbonyl (C=O) groups is 3. The SMILES string of the molecule is C/C=C/CC(O)CN(CCC(=O)O)CCN(CCC(=O)[O-])CCC(=O)[O-].[Na+].[Na+]. The molecule has 0 saturated carbocycles. The maximum absolute atomic E-state index is 10.8. The number of aliphatic hydroxyl groups is 1. The van der Waals surface area contributed by atoms with Crippen molar-refractivity contribution in [2.45, 2.75) is 38.7 Å². The van der Waals surface area contributed by atoms with Crippen molar-refractivity contribution >= 4 is 17.9 Å². The third-order valence-electron chi connectivity index (χ3n) is 3.75. The molecule has 0 aromatic rings. The van der Waals surface area contributed by atoms with Gasteiger partial charge in [0.05, 0.1) is 12.5 Å². The van der Waals surface area contributed by atoms with Crippen LogP contribution in [0, 0.1) is 0 Å². The van der Waals surface area contributed by atoms with E-state index in [-0.39, 0.29) is 105 Å². The number of hydrogen-bond donors (Lipinski definition) is 2. The first-order valence-corrected chi connectivity index (χ1v) is 8.60. The number of hydrogen-bond acceptors (Lipinski definition) is 8. The van der Waals surface area contributed by atoms with Crippen molar-refractivity contribution in [2.24, 2.45) is 0 Å². The Hall–Kier alpha value is 0.0300. The van der Waals surface area contributed by atoms with E-state index in [1.165, 1.54) is 0 Å². The number of nitrogens with zero attached hydrogens (tertiary/aromatic N) is 2. The zero-order chi connectivity index (χ0) is 19.9. The van der Waals surface area contributed by atoms with Gasteiger partial charge in [0.1, 0.15) is 0 Å². The molecule has 0 aliphatic rings. The van der Waals surface area contributed by atoms with Crippen LogP contribution in [0.25, 0.3) is 0 Å². The summed E-state index contributed by atoms with van der Waals surface area (Å²) in [6.45, 7) is 3.31. The second-order valence-corrected chi connectivity index (χ2v) is 5.99. The van der Waals surface area contributed by atoms with Crippen LogP contribution in [0.5, 0.6) is 0 Å². The van der Waals surface area contributed by atoms with Crippen molar-refractivity contribution in [1.29, 1.82) is 0 Å². The number of carbonyl (C=O) groups excluding carboxylic acids is 2. The molecule has 0 bridgehead atoms. The smallest absolute Gasteiger partial charge is 0.550 e. The van der Waals surface area contributed by atoms with Crippen LogP contribution in [0.2, 0.25) is 0 Å². The summed E-state index contributed by atoms with van der Waals surface area (Å²) in [6.07, 6.45) is 2.87. The average Bonchev–Trinajstić information content (AvgIpc) is 2.56. The minimum absolute atomic E-state index is 0. The topological polar surface area (TPSA) is 144 Å². The van der Waals surface area contributed by atoms with Gasteiger partial charge in [0.15, 0.2) is 0 Å². The molecule has 0 aromatic carbocycles. The van der Waals surface area contributed by atoms with Gasteiger partial charge in [-0.3, -0.25) is 9.69 Å². The largest absolute Gasteiger partial charge is 1.00 e. The fourth-order valence-corrected chi connectivity index (χ4v) is 2.33. The molecule has 9 nitrogen and oxygen atoms in total. The van der Waals surface area contributed by atoms with Gasteiger partial charge in [0.25, 0.3) is 0 Å². The number of rotatable bonds is 16. The maximum Gasteiger partial charge on any atom is 1.00 e. The summed E-state index contributed by atoms with van der Waals surface area (Å²) in [4.78, 5) is 35.5. The summed E-state index contributed by atoms with van der Waals surface area (Å²) in [5, 5.41) is 40.1. The summed E-state index contributed by atoms with van der Waals surface area (Å²) in [6, 6.07) is 0. The van der Waals surface area contributed by atoms with Crippen LogP contribution in [-0.2, 0) is 14.4 Å². The van der Waals surface area contributed by atoms with Crippen molar-refractivity contribution in [3.63, 3.8) is 0 Å². The van der Waals surface area contributed by atoms with E-state index in [2.05, 4.69) is 0 Å². The second kappa shape index (κ2) is 20.3. The number of allylic oxidation sites excluding steroid dienone is 1. The van der Waals surface area contributed by atoms with Gasteiger partial charge in [-0.25, -0.2) is 0 Å². The van der Waals surface area contributed by atoms with Gasteiger partial charge in [0.2, 0.25) is 0 Å². The Kier molecular flexibility index (Phi) is 23.7. The van der Waals surface area contributed by atoms with E-state index in [1.807, 2.05) is 19.1 Å². The molecule has 1 unspecified atom stereocenters. The molecule has 0 fully saturated rings. The normalized spacial score (nSPS) is 11.9. The van der Waals surface area contributed by atoms with E-state index >= 15 is 0 Å². The Morgan fingerprint density at radius 2 is 1.36 bits per heavy atom. The monoisotopic (exact) mass is 418 g/mol. The fourth-order valence-electron chi connectivity index (χ4n) is 2.33. The number of aliphatic hydroxyl groups excluding tert-OH is 1. The second-order valence-electron chi connectivity index (χ2n) is 5.99. The molecular weight excluding hydrogens is 390 g/mol. The molecule has 0 heterocycles. The summed E-state index contributed by atoms with van der Waals surface area (Å²) < 4.78 is 0. The standard InChI is InChI=1S/C17H30N2O7.2Na/c1-2-3-4-14(20)13-19(10-7-17(25)26)12-11-18(8-5-15(21)22)9-6-16(23)24;;/h2-3,14,20H,4-13H2,1H3,(H,21,22)(H,23,24)(H,25,26);;/q;2*+1/p-2/b3-2+;;. The molecule has 0 spiro atoms. The number of carboxylic acid groups (broad SMARTS) is 3. The Labute approximate surface area is 210 Å². The Balaban J connectivity index is -0.00000312. The molecule has 1 atom stereocenters. The molecule has 28 heavy (non-hydrogen) atoms. The van der Waals surface area contributed by atoms with Crippen molar-refractivity contribution in [1.82, 2.24) is 9.80 Å². The number of carboxylic acids is 3. The van der Waals surface area contributed by atoms with E-state index in [1.54, 1.807) is 9.80 Å². The maximum atomic E-state index is 10.8. The van der Waals surface area contributed by atoms with Crippen LogP contribution >= 0.6 is 0 Å². The van der Waals surface area contributed by atoms with E-state index in [0.29, 0.717) is 19.5 Å². The Bertz CT molecular complexity index is 460. The van der Waals surface area contributed by atoms with Crippen LogP contribution in [-0.4, -0.2) is 83.3 Å². The van der Waals surface area contributed by atoms with E-state index in [4.69, 9.17) is 5.11 Å². The zero-order valence-electron chi connectivity index (χ0n) is 17.1. The third-order valence-corrected chi connectivity index (χ3v) is 3.75. The van der Waals surface area contributed by atoms with E-state index in [9.17, 15) is 29.7 Å². The molecular formula is C17H28N2Na2O7. The van der Waals surface area contributed by atoms with Crippen LogP contribution < -0.4 is 69.3 Å². The van der Waals surface area contributed by atoms with Crippen LogP contribution in [0.4, 0.5) is 0 Å². The van der Waals surface area contributed by atoms with Crippen LogP contribution in [0.3, 0.4) is 0 Å². The molecule has 0 rings (SSSR count). The van der Waals surface area contributed by atoms with Gasteiger partial charge >= 0.3 is 65.1 Å². The van der Waals surface area contributed by atoms with Gasteiger partial charge in [-0.15, -0.1) is 0 Å². The minimum atomic E-state index is -1.23. The molecule has 0 radical (unpaired) electrons. The van der Waals surface area contributed by atoms with Gasteiger partial charge in [0, 0.05) is 51.2 Å². The first kappa shape index (κ1) is 32.7. The first-order valence-electron chi connectivity index (χ1n) is 8.60. The van der Waals surface area contributed by atoms with Crippen molar-refractivity contribution in [3.8, 4) is 0 Å². The quantitative estimate of drug-likeness (QED) is 0.184. The van der Waals surface area contributed by atoms with Crippen molar-refractivity contribution in [2.75, 3.05) is 39.3 Å². The molecule has 0 aliphatic heterocycles. The van der Waals surface area contributed by atoms with Crippen LogP contribution in [0.1, 0.15) is 32.6 Å². The van der Waals surface area contributed by atoms with E-state index < -0.39 is 24.0 Å². The summed E-state index contributed by atoms with van der Waals surface area (Å²) in [7, 11) is 0. The first-order chi connectivity index (χ1) is 12.2. The molecule has 2 N–H and O–H groups in total.